The van der Waals surface area contributed by atoms with Gasteiger partial charge in [-0.15, -0.1) is 0 Å². The zero-order chi connectivity index (χ0) is 32.8. The van der Waals surface area contributed by atoms with Gasteiger partial charge in [0.05, 0.1) is 6.61 Å². The maximum absolute atomic E-state index is 9.61. The zero-order valence-electron chi connectivity index (χ0n) is 29.9. The number of rotatable bonds is 14. The largest absolute Gasteiger partial charge is 0.395 e. The van der Waals surface area contributed by atoms with E-state index >= 15 is 0 Å². The molecule has 0 aromatic carbocycles. The Kier molecular flexibility index (Phi) is 15.6. The highest BCUT2D eigenvalue weighted by Gasteiger charge is 2.26. The Morgan fingerprint density at radius 3 is 1.84 bits per heavy atom. The molecule has 0 unspecified atom stereocenters. The molecule has 0 aromatic rings. The molecule has 0 amide bonds. The summed E-state index contributed by atoms with van der Waals surface area (Å²) in [5.41, 5.74) is 11.7. The van der Waals surface area contributed by atoms with Gasteiger partial charge in [-0.25, -0.2) is 0 Å². The van der Waals surface area contributed by atoms with Crippen LogP contribution in [0, 0.1) is 10.8 Å². The van der Waals surface area contributed by atoms with E-state index < -0.39 is 0 Å². The molecular formula is C42H63NO. The van der Waals surface area contributed by atoms with Crippen LogP contribution < -0.4 is 0 Å². The molecule has 242 valence electrons. The molecule has 0 heterocycles. The molecule has 2 nitrogen and oxygen atoms in total. The molecule has 0 atom stereocenters. The van der Waals surface area contributed by atoms with Crippen LogP contribution in [-0.4, -0.2) is 36.2 Å². The molecule has 0 aromatic heterocycles. The minimum absolute atomic E-state index is 0.161. The lowest BCUT2D eigenvalue weighted by atomic mass is 9.72. The summed E-state index contributed by atoms with van der Waals surface area (Å²) in [6.45, 7) is 25.1. The van der Waals surface area contributed by atoms with Crippen molar-refractivity contribution in [1.82, 2.24) is 4.90 Å². The fourth-order valence-corrected chi connectivity index (χ4v) is 5.99. The number of hydrogen-bond acceptors (Lipinski definition) is 2. The molecular weight excluding hydrogens is 534 g/mol. The number of aliphatic hydroxyl groups is 1. The van der Waals surface area contributed by atoms with Crippen LogP contribution in [-0.2, 0) is 0 Å². The SMILES string of the molecule is CC1=C(/C=C/C(C)=C/C=C/C(C)=C/CN(C/C=C(C)/C=C/C=C(C)/C=C/C2=C(C)CCCC2(C)C)CCO)CC(C)(C)CC1. The van der Waals surface area contributed by atoms with E-state index in [2.05, 4.69) is 147 Å². The summed E-state index contributed by atoms with van der Waals surface area (Å²) < 4.78 is 0. The van der Waals surface area contributed by atoms with E-state index in [4.69, 9.17) is 0 Å². The first-order valence-corrected chi connectivity index (χ1v) is 16.8. The van der Waals surface area contributed by atoms with Gasteiger partial charge in [-0.05, 0) is 102 Å². The number of allylic oxidation sites excluding steroid dienone is 18. The van der Waals surface area contributed by atoms with E-state index in [1.165, 1.54) is 83.1 Å². The Balaban J connectivity index is 1.90. The van der Waals surface area contributed by atoms with E-state index in [0.29, 0.717) is 12.0 Å². The first-order valence-electron chi connectivity index (χ1n) is 16.8. The van der Waals surface area contributed by atoms with Crippen LogP contribution in [0.2, 0.25) is 0 Å². The predicted octanol–water partition coefficient (Wildman–Crippen LogP) is 11.3. The summed E-state index contributed by atoms with van der Waals surface area (Å²) in [5, 5.41) is 9.61. The summed E-state index contributed by atoms with van der Waals surface area (Å²) >= 11 is 0. The van der Waals surface area contributed by atoms with Gasteiger partial charge in [0.1, 0.15) is 0 Å². The van der Waals surface area contributed by atoms with E-state index in [-0.39, 0.29) is 12.0 Å². The molecule has 44 heavy (non-hydrogen) atoms. The quantitative estimate of drug-likeness (QED) is 0.201. The average Bonchev–Trinajstić information content (AvgIpc) is 2.94. The van der Waals surface area contributed by atoms with Crippen molar-refractivity contribution in [3.63, 3.8) is 0 Å². The smallest absolute Gasteiger partial charge is 0.0558 e. The van der Waals surface area contributed by atoms with Crippen LogP contribution in [0.25, 0.3) is 0 Å². The lowest BCUT2D eigenvalue weighted by molar-refractivity contribution is 0.220. The van der Waals surface area contributed by atoms with Gasteiger partial charge in [0.15, 0.2) is 0 Å². The van der Waals surface area contributed by atoms with Gasteiger partial charge in [-0.1, -0.05) is 134 Å². The first kappa shape index (κ1) is 37.5. The fourth-order valence-electron chi connectivity index (χ4n) is 5.99. The third kappa shape index (κ3) is 14.0. The summed E-state index contributed by atoms with van der Waals surface area (Å²) in [6.07, 6.45) is 34.1. The maximum Gasteiger partial charge on any atom is 0.0558 e. The Labute approximate surface area is 271 Å². The van der Waals surface area contributed by atoms with Crippen molar-refractivity contribution in [2.75, 3.05) is 26.2 Å². The predicted molar refractivity (Wildman–Crippen MR) is 196 cm³/mol. The van der Waals surface area contributed by atoms with Gasteiger partial charge < -0.3 is 5.11 Å². The molecule has 0 saturated carbocycles. The highest BCUT2D eigenvalue weighted by Crippen LogP contribution is 2.41. The van der Waals surface area contributed by atoms with Crippen LogP contribution in [0.1, 0.15) is 108 Å². The lowest BCUT2D eigenvalue weighted by Gasteiger charge is -2.32. The Morgan fingerprint density at radius 1 is 0.727 bits per heavy atom. The summed E-state index contributed by atoms with van der Waals surface area (Å²) in [6, 6.07) is 0. The van der Waals surface area contributed by atoms with Crippen molar-refractivity contribution in [2.24, 2.45) is 10.8 Å². The van der Waals surface area contributed by atoms with Crippen LogP contribution in [0.5, 0.6) is 0 Å². The molecule has 2 heteroatoms. The maximum atomic E-state index is 9.61. The number of hydrogen-bond donors (Lipinski definition) is 1. The van der Waals surface area contributed by atoms with Crippen LogP contribution in [0.3, 0.4) is 0 Å². The number of nitrogens with zero attached hydrogens (tertiary/aromatic N) is 1. The second-order valence-corrected chi connectivity index (χ2v) is 14.7. The standard InChI is InChI=1S/C42H63NO/c1-33(19-21-39-32-41(7,8)27-23-37(39)5)14-11-16-35(3)24-28-43(30-31-44)29-25-36(4)17-12-15-34(2)20-22-40-38(6)18-13-26-42(40,9)10/h11-12,14-17,19-22,24-25,44H,13,18,23,26-32H2,1-10H3/b16-11+,17-12+,21-19+,22-20+,33-14+,34-15+,35-24+,36-25+. The lowest BCUT2D eigenvalue weighted by Crippen LogP contribution is -2.27. The van der Waals surface area contributed by atoms with Crippen molar-refractivity contribution >= 4 is 0 Å². The fraction of sp³-hybridized carbons (Fsp3) is 0.524. The van der Waals surface area contributed by atoms with Crippen LogP contribution in [0.4, 0.5) is 0 Å². The molecule has 2 aliphatic rings. The second kappa shape index (κ2) is 18.3. The van der Waals surface area contributed by atoms with E-state index in [1.54, 1.807) is 0 Å². The van der Waals surface area contributed by atoms with Gasteiger partial charge in [0, 0.05) is 19.6 Å². The molecule has 0 spiro atoms. The normalized spacial score (nSPS) is 21.0. The molecule has 2 rings (SSSR count). The van der Waals surface area contributed by atoms with Gasteiger partial charge >= 0.3 is 0 Å². The number of aliphatic hydroxyl groups excluding tert-OH is 1. The highest BCUT2D eigenvalue weighted by molar-refractivity contribution is 5.37. The summed E-state index contributed by atoms with van der Waals surface area (Å²) in [5.74, 6) is 0. The molecule has 0 saturated heterocycles. The van der Waals surface area contributed by atoms with Crippen LogP contribution in [0.15, 0.2) is 117 Å². The molecule has 1 N–H and O–H groups in total. The molecule has 2 aliphatic carbocycles. The van der Waals surface area contributed by atoms with Gasteiger partial charge in [-0.3, -0.25) is 4.90 Å². The van der Waals surface area contributed by atoms with Crippen molar-refractivity contribution < 1.29 is 5.11 Å². The topological polar surface area (TPSA) is 23.5 Å². The monoisotopic (exact) mass is 597 g/mol. The third-order valence-electron chi connectivity index (χ3n) is 9.19. The Bertz CT molecular complexity index is 1260. The van der Waals surface area contributed by atoms with Gasteiger partial charge in [-0.2, -0.15) is 0 Å². The average molecular weight is 598 g/mol. The molecule has 0 bridgehead atoms. The van der Waals surface area contributed by atoms with Crippen LogP contribution >= 0.6 is 0 Å². The first-order chi connectivity index (χ1) is 20.7. The van der Waals surface area contributed by atoms with Crippen molar-refractivity contribution in [3.8, 4) is 0 Å². The second-order valence-electron chi connectivity index (χ2n) is 14.7. The van der Waals surface area contributed by atoms with Crippen molar-refractivity contribution in [3.05, 3.63) is 117 Å². The Hall–Kier alpha value is -2.68. The van der Waals surface area contributed by atoms with E-state index in [0.717, 1.165) is 13.1 Å². The molecule has 0 radical (unpaired) electrons. The summed E-state index contributed by atoms with van der Waals surface area (Å²) in [7, 11) is 0. The zero-order valence-corrected chi connectivity index (χ0v) is 29.9. The van der Waals surface area contributed by atoms with Gasteiger partial charge in [0.25, 0.3) is 0 Å². The van der Waals surface area contributed by atoms with E-state index in [9.17, 15) is 5.11 Å². The summed E-state index contributed by atoms with van der Waals surface area (Å²) in [4.78, 5) is 2.27. The Morgan fingerprint density at radius 2 is 1.30 bits per heavy atom. The highest BCUT2D eigenvalue weighted by atomic mass is 16.3. The molecule has 0 fully saturated rings. The minimum Gasteiger partial charge on any atom is -0.395 e. The minimum atomic E-state index is 0.161. The van der Waals surface area contributed by atoms with E-state index in [1.807, 2.05) is 0 Å². The van der Waals surface area contributed by atoms with Gasteiger partial charge in [0.2, 0.25) is 0 Å². The van der Waals surface area contributed by atoms with Crippen molar-refractivity contribution in [1.29, 1.82) is 0 Å². The van der Waals surface area contributed by atoms with Crippen molar-refractivity contribution in [2.45, 2.75) is 108 Å². The third-order valence-corrected chi connectivity index (χ3v) is 9.19. The molecule has 0 aliphatic heterocycles.